The van der Waals surface area contributed by atoms with Crippen LogP contribution in [0.1, 0.15) is 40.3 Å². The number of nitrogens with zero attached hydrogens (tertiary/aromatic N) is 3. The molecule has 7 heteroatoms. The maximum Gasteiger partial charge on any atom is 0.271 e. The summed E-state index contributed by atoms with van der Waals surface area (Å²) in [6, 6.07) is 32.5. The lowest BCUT2D eigenvalue weighted by molar-refractivity contribution is 0.413. The van der Waals surface area contributed by atoms with Gasteiger partial charge in [0.25, 0.3) is 5.56 Å². The van der Waals surface area contributed by atoms with Crippen LogP contribution in [0.5, 0.6) is 5.75 Å². The second-order valence-electron chi connectivity index (χ2n) is 11.2. The highest BCUT2D eigenvalue weighted by Crippen LogP contribution is 2.41. The van der Waals surface area contributed by atoms with Crippen LogP contribution in [0.4, 0.5) is 0 Å². The molecule has 3 heterocycles. The Hall–Kier alpha value is -4.65. The number of aromatic nitrogens is 2. The van der Waals surface area contributed by atoms with E-state index in [1.807, 2.05) is 65.2 Å². The summed E-state index contributed by atoms with van der Waals surface area (Å²) in [7, 11) is 1.67. The van der Waals surface area contributed by atoms with E-state index in [1.165, 1.54) is 22.5 Å². The van der Waals surface area contributed by atoms with Crippen LogP contribution < -0.4 is 19.6 Å². The number of allylic oxidation sites excluding steroid dienone is 1. The summed E-state index contributed by atoms with van der Waals surface area (Å²) in [6.07, 6.45) is 5.90. The lowest BCUT2D eigenvalue weighted by Gasteiger charge is -2.31. The summed E-state index contributed by atoms with van der Waals surface area (Å²) < 4.78 is 10.3. The van der Waals surface area contributed by atoms with Gasteiger partial charge in [-0.2, -0.15) is 0 Å². The zero-order chi connectivity index (χ0) is 29.8. The zero-order valence-corrected chi connectivity index (χ0v) is 25.6. The Morgan fingerprint density at radius 2 is 1.80 bits per heavy atom. The standard InChI is InChI=1S/C37H28ClN3O2S/c1-43-27-12-8-11-24(19-27)35-30-18-17-23-9-2-4-14-29(23)34(30)39-37-41(35)36(42)33(44-37)20-26-22-40(32-16-7-5-13-28(26)32)21-25-10-3-6-15-31(25)38/h2-16,19-20,22,35H,17-18,21H2,1H3/b33-20+/t35-/m0/s1. The van der Waals surface area contributed by atoms with Crippen LogP contribution in [0.3, 0.4) is 0 Å². The fourth-order valence-corrected chi connectivity index (χ4v) is 7.79. The van der Waals surface area contributed by atoms with E-state index in [1.54, 1.807) is 7.11 Å². The average Bonchev–Trinajstić information content (AvgIpc) is 3.57. The first-order chi connectivity index (χ1) is 21.6. The predicted molar refractivity (Wildman–Crippen MR) is 178 cm³/mol. The first-order valence-corrected chi connectivity index (χ1v) is 15.9. The number of fused-ring (bicyclic) bond motifs is 4. The fraction of sp³-hybridized carbons (Fsp3) is 0.135. The molecule has 2 aliphatic rings. The number of hydrogen-bond acceptors (Lipinski definition) is 4. The van der Waals surface area contributed by atoms with Gasteiger partial charge in [0.2, 0.25) is 0 Å². The fourth-order valence-electron chi connectivity index (χ4n) is 6.61. The topological polar surface area (TPSA) is 48.5 Å². The molecule has 4 aromatic carbocycles. The van der Waals surface area contributed by atoms with Crippen LogP contribution in [0.25, 0.3) is 22.7 Å². The predicted octanol–water partition coefficient (Wildman–Crippen LogP) is 6.98. The van der Waals surface area contributed by atoms with Crippen molar-refractivity contribution in [3.8, 4) is 5.75 Å². The Morgan fingerprint density at radius 1 is 0.977 bits per heavy atom. The van der Waals surface area contributed by atoms with Gasteiger partial charge in [0.1, 0.15) is 5.75 Å². The molecule has 0 unspecified atom stereocenters. The molecule has 0 radical (unpaired) electrons. The van der Waals surface area contributed by atoms with Gasteiger partial charge >= 0.3 is 0 Å². The zero-order valence-electron chi connectivity index (χ0n) is 24.0. The van der Waals surface area contributed by atoms with Gasteiger partial charge in [0, 0.05) is 39.8 Å². The second kappa shape index (κ2) is 10.8. The molecule has 1 aliphatic carbocycles. The third-order valence-corrected chi connectivity index (χ3v) is 10.0. The van der Waals surface area contributed by atoms with Crippen LogP contribution in [-0.4, -0.2) is 16.2 Å². The summed E-state index contributed by atoms with van der Waals surface area (Å²) in [6.45, 7) is 0.636. The lowest BCUT2D eigenvalue weighted by Crippen LogP contribution is -2.38. The molecule has 6 aromatic rings. The number of para-hydroxylation sites is 1. The number of methoxy groups -OCH3 is 1. The molecule has 0 spiro atoms. The van der Waals surface area contributed by atoms with Crippen molar-refractivity contribution in [2.45, 2.75) is 25.4 Å². The van der Waals surface area contributed by atoms with E-state index in [2.05, 4.69) is 53.2 Å². The van der Waals surface area contributed by atoms with Gasteiger partial charge in [-0.25, -0.2) is 4.99 Å². The highest BCUT2D eigenvalue weighted by Gasteiger charge is 2.32. The molecule has 2 aromatic heterocycles. The molecule has 0 N–H and O–H groups in total. The van der Waals surface area contributed by atoms with Gasteiger partial charge < -0.3 is 9.30 Å². The van der Waals surface area contributed by atoms with E-state index in [9.17, 15) is 4.79 Å². The largest absolute Gasteiger partial charge is 0.497 e. The Bertz CT molecular complexity index is 2310. The SMILES string of the molecule is COc1cccc([C@H]2C3=C(N=c4s/c(=C/c5cn(Cc6ccccc6Cl)c6ccccc56)c(=O)n42)c2ccccc2CC3)c1. The van der Waals surface area contributed by atoms with Gasteiger partial charge in [-0.15, -0.1) is 0 Å². The minimum absolute atomic E-state index is 0.0325. The van der Waals surface area contributed by atoms with E-state index >= 15 is 0 Å². The lowest BCUT2D eigenvalue weighted by atomic mass is 9.83. The maximum absolute atomic E-state index is 14.4. The molecule has 216 valence electrons. The summed E-state index contributed by atoms with van der Waals surface area (Å²) in [5, 5.41) is 1.83. The summed E-state index contributed by atoms with van der Waals surface area (Å²) in [5.74, 6) is 0.770. The van der Waals surface area contributed by atoms with Crippen molar-refractivity contribution in [2.24, 2.45) is 4.99 Å². The number of benzene rings is 4. The molecule has 0 bridgehead atoms. The third-order valence-electron chi connectivity index (χ3n) is 8.69. The molecular weight excluding hydrogens is 586 g/mol. The quantitative estimate of drug-likeness (QED) is 0.211. The molecule has 44 heavy (non-hydrogen) atoms. The van der Waals surface area contributed by atoms with Gasteiger partial charge in [0.05, 0.1) is 23.4 Å². The van der Waals surface area contributed by atoms with Crippen LogP contribution in [0.15, 0.2) is 119 Å². The van der Waals surface area contributed by atoms with E-state index in [-0.39, 0.29) is 11.6 Å². The Morgan fingerprint density at radius 3 is 2.68 bits per heavy atom. The van der Waals surface area contributed by atoms with Crippen molar-refractivity contribution in [2.75, 3.05) is 7.11 Å². The Kier molecular flexibility index (Phi) is 6.62. The average molecular weight is 614 g/mol. The van der Waals surface area contributed by atoms with Gasteiger partial charge in [0.15, 0.2) is 4.80 Å². The van der Waals surface area contributed by atoms with Crippen molar-refractivity contribution >= 4 is 45.6 Å². The van der Waals surface area contributed by atoms with Crippen molar-refractivity contribution in [3.05, 3.63) is 161 Å². The highest BCUT2D eigenvalue weighted by atomic mass is 35.5. The van der Waals surface area contributed by atoms with Gasteiger partial charge in [-0.3, -0.25) is 9.36 Å². The molecule has 0 amide bonds. The number of rotatable bonds is 5. The van der Waals surface area contributed by atoms with Crippen molar-refractivity contribution < 1.29 is 4.74 Å². The maximum atomic E-state index is 14.4. The molecule has 1 aliphatic heterocycles. The highest BCUT2D eigenvalue weighted by molar-refractivity contribution is 7.07. The molecule has 0 saturated heterocycles. The Balaban J connectivity index is 1.33. The summed E-state index contributed by atoms with van der Waals surface area (Å²) >= 11 is 7.97. The van der Waals surface area contributed by atoms with E-state index in [0.717, 1.165) is 62.5 Å². The van der Waals surface area contributed by atoms with Crippen LogP contribution in [0, 0.1) is 0 Å². The van der Waals surface area contributed by atoms with Crippen LogP contribution in [-0.2, 0) is 13.0 Å². The van der Waals surface area contributed by atoms with E-state index in [0.29, 0.717) is 15.9 Å². The van der Waals surface area contributed by atoms with Crippen LogP contribution >= 0.6 is 22.9 Å². The van der Waals surface area contributed by atoms with Crippen molar-refractivity contribution in [1.82, 2.24) is 9.13 Å². The molecule has 0 fully saturated rings. The Labute approximate surface area is 263 Å². The van der Waals surface area contributed by atoms with Crippen LogP contribution in [0.2, 0.25) is 5.02 Å². The van der Waals surface area contributed by atoms with Gasteiger partial charge in [-0.05, 0) is 65.4 Å². The van der Waals surface area contributed by atoms with Crippen molar-refractivity contribution in [3.63, 3.8) is 0 Å². The molecule has 8 rings (SSSR count). The number of halogens is 1. The smallest absolute Gasteiger partial charge is 0.271 e. The minimum atomic E-state index is -0.256. The number of ether oxygens (including phenoxy) is 1. The number of hydrogen-bond donors (Lipinski definition) is 0. The van der Waals surface area contributed by atoms with Crippen molar-refractivity contribution in [1.29, 1.82) is 0 Å². The molecule has 5 nitrogen and oxygen atoms in total. The first-order valence-electron chi connectivity index (χ1n) is 14.7. The van der Waals surface area contributed by atoms with Gasteiger partial charge in [-0.1, -0.05) is 95.7 Å². The number of thiazole rings is 1. The summed E-state index contributed by atoms with van der Waals surface area (Å²) in [4.78, 5) is 20.2. The molecule has 0 saturated carbocycles. The summed E-state index contributed by atoms with van der Waals surface area (Å²) in [5.41, 5.74) is 8.73. The minimum Gasteiger partial charge on any atom is -0.497 e. The molecule has 1 atom stereocenters. The van der Waals surface area contributed by atoms with E-state index in [4.69, 9.17) is 21.3 Å². The molecular formula is C37H28ClN3O2S. The monoisotopic (exact) mass is 613 g/mol. The third kappa shape index (κ3) is 4.45. The first kappa shape index (κ1) is 26.9. The second-order valence-corrected chi connectivity index (χ2v) is 12.6. The normalized spacial score (nSPS) is 16.0. The number of aryl methyl sites for hydroxylation is 1. The van der Waals surface area contributed by atoms with E-state index < -0.39 is 0 Å².